The zero-order valence-electron chi connectivity index (χ0n) is 10.0. The van der Waals surface area contributed by atoms with Gasteiger partial charge in [-0.1, -0.05) is 37.9 Å². The molecule has 90 valence electrons. The summed E-state index contributed by atoms with van der Waals surface area (Å²) in [5, 5.41) is 11.9. The van der Waals surface area contributed by atoms with Gasteiger partial charge in [-0.05, 0) is 24.1 Å². The number of aliphatic hydroxyl groups is 1. The molecule has 17 heavy (non-hydrogen) atoms. The van der Waals surface area contributed by atoms with Crippen molar-refractivity contribution < 1.29 is 5.11 Å². The maximum absolute atomic E-state index is 10.3. The van der Waals surface area contributed by atoms with Crippen LogP contribution < -0.4 is 0 Å². The van der Waals surface area contributed by atoms with E-state index < -0.39 is 6.10 Å². The van der Waals surface area contributed by atoms with Gasteiger partial charge < -0.3 is 5.11 Å². The minimum atomic E-state index is -0.491. The lowest BCUT2D eigenvalue weighted by Crippen LogP contribution is -2.09. The van der Waals surface area contributed by atoms with E-state index in [0.717, 1.165) is 22.9 Å². The molecular weight excluding hydrogens is 234 g/mol. The van der Waals surface area contributed by atoms with Crippen molar-refractivity contribution in [1.82, 2.24) is 4.98 Å². The molecule has 2 atom stereocenters. The van der Waals surface area contributed by atoms with Crippen LogP contribution in [0.1, 0.15) is 31.9 Å². The highest BCUT2D eigenvalue weighted by Gasteiger charge is 2.18. The summed E-state index contributed by atoms with van der Waals surface area (Å²) in [5.41, 5.74) is 1.66. The van der Waals surface area contributed by atoms with Gasteiger partial charge in [-0.2, -0.15) is 0 Å². The smallest absolute Gasteiger partial charge is 0.0836 e. The van der Waals surface area contributed by atoms with Crippen LogP contribution in [0.15, 0.2) is 30.5 Å². The van der Waals surface area contributed by atoms with E-state index in [-0.39, 0.29) is 5.92 Å². The Labute approximate surface area is 106 Å². The molecule has 0 aliphatic carbocycles. The van der Waals surface area contributed by atoms with Crippen LogP contribution in [0.5, 0.6) is 0 Å². The van der Waals surface area contributed by atoms with E-state index in [4.69, 9.17) is 11.6 Å². The fraction of sp³-hybridized carbons (Fsp3) is 0.357. The van der Waals surface area contributed by atoms with Crippen LogP contribution in [0.25, 0.3) is 10.9 Å². The molecule has 2 aromatic rings. The number of halogens is 1. The first-order chi connectivity index (χ1) is 8.15. The normalized spacial score (nSPS) is 14.8. The molecule has 0 aliphatic rings. The number of hydrogen-bond acceptors (Lipinski definition) is 2. The Kier molecular flexibility index (Phi) is 3.65. The summed E-state index contributed by atoms with van der Waals surface area (Å²) >= 11 is 6.13. The summed E-state index contributed by atoms with van der Waals surface area (Å²) in [6.07, 6.45) is 2.17. The van der Waals surface area contributed by atoms with E-state index in [0.29, 0.717) is 5.02 Å². The molecule has 0 amide bonds. The Hall–Kier alpha value is -1.12. The summed E-state index contributed by atoms with van der Waals surface area (Å²) in [5.74, 6) is 0.210. The lowest BCUT2D eigenvalue weighted by molar-refractivity contribution is 0.117. The number of benzene rings is 1. The number of aliphatic hydroxyl groups excluding tert-OH is 1. The van der Waals surface area contributed by atoms with Crippen molar-refractivity contribution in [1.29, 1.82) is 0 Å². The molecule has 1 heterocycles. The monoisotopic (exact) mass is 249 g/mol. The zero-order valence-corrected chi connectivity index (χ0v) is 10.8. The summed E-state index contributed by atoms with van der Waals surface area (Å²) in [7, 11) is 0. The Balaban J connectivity index is 2.59. The quantitative estimate of drug-likeness (QED) is 0.893. The van der Waals surface area contributed by atoms with Crippen LogP contribution >= 0.6 is 11.6 Å². The molecule has 1 N–H and O–H groups in total. The van der Waals surface area contributed by atoms with Gasteiger partial charge in [0.25, 0.3) is 0 Å². The van der Waals surface area contributed by atoms with Crippen molar-refractivity contribution in [2.75, 3.05) is 0 Å². The van der Waals surface area contributed by atoms with Crippen LogP contribution in [0, 0.1) is 5.92 Å². The summed E-state index contributed by atoms with van der Waals surface area (Å²) in [6, 6.07) is 7.48. The number of hydrogen-bond donors (Lipinski definition) is 1. The molecule has 0 spiro atoms. The van der Waals surface area contributed by atoms with Gasteiger partial charge in [0, 0.05) is 22.2 Å². The van der Waals surface area contributed by atoms with Gasteiger partial charge in [0.2, 0.25) is 0 Å². The van der Waals surface area contributed by atoms with E-state index in [1.807, 2.05) is 31.2 Å². The summed E-state index contributed by atoms with van der Waals surface area (Å²) in [6.45, 7) is 4.10. The number of nitrogens with zero attached hydrogens (tertiary/aromatic N) is 1. The molecule has 0 aliphatic heterocycles. The van der Waals surface area contributed by atoms with Crippen molar-refractivity contribution in [2.45, 2.75) is 26.4 Å². The molecule has 0 fully saturated rings. The first-order valence-electron chi connectivity index (χ1n) is 5.86. The van der Waals surface area contributed by atoms with E-state index in [1.165, 1.54) is 0 Å². The van der Waals surface area contributed by atoms with Crippen molar-refractivity contribution in [3.05, 3.63) is 41.0 Å². The molecule has 2 rings (SSSR count). The minimum Gasteiger partial charge on any atom is -0.388 e. The second kappa shape index (κ2) is 5.03. The average Bonchev–Trinajstić information content (AvgIpc) is 2.38. The first-order valence-corrected chi connectivity index (χ1v) is 6.24. The van der Waals surface area contributed by atoms with Crippen molar-refractivity contribution in [3.8, 4) is 0 Å². The molecule has 0 saturated heterocycles. The van der Waals surface area contributed by atoms with E-state index in [2.05, 4.69) is 11.9 Å². The predicted molar refractivity (Wildman–Crippen MR) is 71.2 cm³/mol. The molecule has 3 heteroatoms. The van der Waals surface area contributed by atoms with Gasteiger partial charge in [-0.3, -0.25) is 4.98 Å². The second-order valence-electron chi connectivity index (χ2n) is 4.37. The predicted octanol–water partition coefficient (Wildman–Crippen LogP) is 3.97. The van der Waals surface area contributed by atoms with Crippen molar-refractivity contribution in [2.24, 2.45) is 5.92 Å². The average molecular weight is 250 g/mol. The van der Waals surface area contributed by atoms with Gasteiger partial charge in [-0.25, -0.2) is 0 Å². The second-order valence-corrected chi connectivity index (χ2v) is 4.77. The van der Waals surface area contributed by atoms with Crippen molar-refractivity contribution in [3.63, 3.8) is 0 Å². The van der Waals surface area contributed by atoms with Crippen LogP contribution in [0.4, 0.5) is 0 Å². The fourth-order valence-electron chi connectivity index (χ4n) is 1.93. The molecule has 0 saturated carbocycles. The Morgan fingerprint density at radius 1 is 1.35 bits per heavy atom. The van der Waals surface area contributed by atoms with Gasteiger partial charge in [0.05, 0.1) is 11.6 Å². The zero-order chi connectivity index (χ0) is 12.4. The van der Waals surface area contributed by atoms with Gasteiger partial charge >= 0.3 is 0 Å². The molecule has 2 nitrogen and oxygen atoms in total. The maximum Gasteiger partial charge on any atom is 0.0836 e. The van der Waals surface area contributed by atoms with E-state index >= 15 is 0 Å². The standard InChI is InChI=1S/C14H16ClNO/c1-3-9(2)14(17)11-6-7-12(15)10-5-4-8-16-13(10)11/h4-9,14,17H,3H2,1-2H3. The number of aromatic nitrogens is 1. The lowest BCUT2D eigenvalue weighted by Gasteiger charge is -2.19. The molecule has 0 bridgehead atoms. The van der Waals surface area contributed by atoms with E-state index in [1.54, 1.807) is 6.20 Å². The molecule has 2 unspecified atom stereocenters. The lowest BCUT2D eigenvalue weighted by atomic mass is 9.93. The first kappa shape index (κ1) is 12.3. The van der Waals surface area contributed by atoms with Gasteiger partial charge in [0.15, 0.2) is 0 Å². The molecule has 1 aromatic carbocycles. The number of fused-ring (bicyclic) bond motifs is 1. The van der Waals surface area contributed by atoms with Crippen LogP contribution in [-0.2, 0) is 0 Å². The van der Waals surface area contributed by atoms with Crippen LogP contribution in [-0.4, -0.2) is 10.1 Å². The van der Waals surface area contributed by atoms with Gasteiger partial charge in [0.1, 0.15) is 0 Å². The van der Waals surface area contributed by atoms with Gasteiger partial charge in [-0.15, -0.1) is 0 Å². The Morgan fingerprint density at radius 3 is 2.82 bits per heavy atom. The summed E-state index contributed by atoms with van der Waals surface area (Å²) < 4.78 is 0. The highest BCUT2D eigenvalue weighted by molar-refractivity contribution is 6.35. The SMILES string of the molecule is CCC(C)C(O)c1ccc(Cl)c2cccnc12. The fourth-order valence-corrected chi connectivity index (χ4v) is 2.14. The third kappa shape index (κ3) is 2.28. The largest absolute Gasteiger partial charge is 0.388 e. The van der Waals surface area contributed by atoms with E-state index in [9.17, 15) is 5.11 Å². The highest BCUT2D eigenvalue weighted by Crippen LogP contribution is 2.32. The third-order valence-electron chi connectivity index (χ3n) is 3.25. The third-order valence-corrected chi connectivity index (χ3v) is 3.58. The number of pyridine rings is 1. The highest BCUT2D eigenvalue weighted by atomic mass is 35.5. The molecular formula is C14H16ClNO. The molecule has 0 radical (unpaired) electrons. The minimum absolute atomic E-state index is 0.210. The Morgan fingerprint density at radius 2 is 2.12 bits per heavy atom. The van der Waals surface area contributed by atoms with Crippen molar-refractivity contribution >= 4 is 22.5 Å². The van der Waals surface area contributed by atoms with Crippen LogP contribution in [0.3, 0.4) is 0 Å². The molecule has 1 aromatic heterocycles. The maximum atomic E-state index is 10.3. The Bertz CT molecular complexity index is 527. The van der Waals surface area contributed by atoms with Crippen LogP contribution in [0.2, 0.25) is 5.02 Å². The topological polar surface area (TPSA) is 33.1 Å². The summed E-state index contributed by atoms with van der Waals surface area (Å²) in [4.78, 5) is 4.34. The number of rotatable bonds is 3.